The lowest BCUT2D eigenvalue weighted by molar-refractivity contribution is 0.0550. The van der Waals surface area contributed by atoms with E-state index < -0.39 is 0 Å². The number of benzene rings is 1. The third-order valence-electron chi connectivity index (χ3n) is 6.66. The van der Waals surface area contributed by atoms with Gasteiger partial charge in [-0.15, -0.1) is 0 Å². The molecule has 5 rings (SSSR count). The Morgan fingerprint density at radius 2 is 1.88 bits per heavy atom. The molecule has 0 unspecified atom stereocenters. The van der Waals surface area contributed by atoms with Crippen LogP contribution in [0.15, 0.2) is 30.6 Å². The van der Waals surface area contributed by atoms with E-state index >= 15 is 0 Å². The zero-order valence-electron chi connectivity index (χ0n) is 19.4. The van der Waals surface area contributed by atoms with Gasteiger partial charge in [-0.2, -0.15) is 19.6 Å². The number of piperazine rings is 1. The summed E-state index contributed by atoms with van der Waals surface area (Å²) in [6.45, 7) is 10.6. The van der Waals surface area contributed by atoms with Gasteiger partial charge in [0.1, 0.15) is 18.0 Å². The van der Waals surface area contributed by atoms with E-state index in [1.807, 2.05) is 25.1 Å². The lowest BCUT2D eigenvalue weighted by atomic mass is 10.1. The van der Waals surface area contributed by atoms with E-state index in [1.165, 1.54) is 6.33 Å². The van der Waals surface area contributed by atoms with Crippen LogP contribution in [0.5, 0.6) is 0 Å². The maximum Gasteiger partial charge on any atom is 0.256 e. The molecule has 0 saturated carbocycles. The van der Waals surface area contributed by atoms with Crippen LogP contribution in [0.2, 0.25) is 10.0 Å². The molecule has 2 aromatic heterocycles. The Morgan fingerprint density at radius 1 is 1.12 bits per heavy atom. The molecular weight excluding hydrogens is 475 g/mol. The number of aliphatic hydroxyl groups is 1. The Kier molecular flexibility index (Phi) is 6.81. The summed E-state index contributed by atoms with van der Waals surface area (Å²) in [5, 5.41) is 18.7. The summed E-state index contributed by atoms with van der Waals surface area (Å²) in [5.74, 6) is 2.26. The van der Waals surface area contributed by atoms with Gasteiger partial charge in [0, 0.05) is 68.0 Å². The van der Waals surface area contributed by atoms with Crippen LogP contribution < -0.4 is 10.2 Å². The van der Waals surface area contributed by atoms with E-state index in [4.69, 9.17) is 28.2 Å². The van der Waals surface area contributed by atoms with Crippen molar-refractivity contribution in [2.75, 3.05) is 56.0 Å². The van der Waals surface area contributed by atoms with Crippen LogP contribution in [-0.4, -0.2) is 92.4 Å². The predicted octanol–water partition coefficient (Wildman–Crippen LogP) is 2.79. The molecule has 0 radical (unpaired) electrons. The Bertz CT molecular complexity index is 1140. The van der Waals surface area contributed by atoms with Crippen LogP contribution >= 0.6 is 23.2 Å². The molecule has 4 heterocycles. The first kappa shape index (κ1) is 23.6. The van der Waals surface area contributed by atoms with Gasteiger partial charge in [0.05, 0.1) is 12.1 Å². The van der Waals surface area contributed by atoms with E-state index in [-0.39, 0.29) is 12.1 Å². The highest BCUT2D eigenvalue weighted by Crippen LogP contribution is 2.30. The molecule has 182 valence electrons. The second-order valence-electron chi connectivity index (χ2n) is 9.25. The fraction of sp³-hybridized carbons (Fsp3) is 0.522. The first-order chi connectivity index (χ1) is 16.4. The summed E-state index contributed by atoms with van der Waals surface area (Å²) in [7, 11) is 0. The van der Waals surface area contributed by atoms with Crippen molar-refractivity contribution in [3.05, 3.63) is 46.2 Å². The number of hydrogen-bond donors (Lipinski definition) is 2. The quantitative estimate of drug-likeness (QED) is 0.507. The zero-order chi connectivity index (χ0) is 23.8. The van der Waals surface area contributed by atoms with Crippen molar-refractivity contribution in [3.8, 4) is 0 Å². The van der Waals surface area contributed by atoms with E-state index in [1.54, 1.807) is 10.6 Å². The molecule has 11 heteroatoms. The Hall–Kier alpha value is -2.17. The summed E-state index contributed by atoms with van der Waals surface area (Å²) >= 11 is 12.5. The molecular formula is C23H30Cl2N8O. The molecule has 2 atom stereocenters. The number of nitrogens with one attached hydrogen (secondary N) is 1. The summed E-state index contributed by atoms with van der Waals surface area (Å²) in [5.41, 5.74) is 0.955. The second-order valence-corrected chi connectivity index (χ2v) is 10.1. The monoisotopic (exact) mass is 504 g/mol. The van der Waals surface area contributed by atoms with Gasteiger partial charge >= 0.3 is 0 Å². The lowest BCUT2D eigenvalue weighted by Crippen LogP contribution is -2.63. The van der Waals surface area contributed by atoms with E-state index in [0.29, 0.717) is 21.9 Å². The van der Waals surface area contributed by atoms with Crippen molar-refractivity contribution in [2.24, 2.45) is 0 Å². The molecule has 2 aliphatic rings. The summed E-state index contributed by atoms with van der Waals surface area (Å²) in [4.78, 5) is 16.2. The molecule has 2 aliphatic heterocycles. The minimum atomic E-state index is -0.273. The third-order valence-corrected chi connectivity index (χ3v) is 7.23. The highest BCUT2D eigenvalue weighted by Gasteiger charge is 2.35. The van der Waals surface area contributed by atoms with Crippen molar-refractivity contribution in [1.29, 1.82) is 0 Å². The van der Waals surface area contributed by atoms with Crippen LogP contribution in [0.4, 0.5) is 11.6 Å². The summed E-state index contributed by atoms with van der Waals surface area (Å²) in [6.07, 6.45) is 1.24. The van der Waals surface area contributed by atoms with E-state index in [2.05, 4.69) is 37.0 Å². The molecule has 0 amide bonds. The van der Waals surface area contributed by atoms with Gasteiger partial charge in [-0.3, -0.25) is 9.80 Å². The number of β-amino-alcohol motifs (C(OH)–C–C–N with tert-alkyl or cyclic N) is 1. The first-order valence-corrected chi connectivity index (χ1v) is 12.4. The topological polar surface area (TPSA) is 85.1 Å². The van der Waals surface area contributed by atoms with Gasteiger partial charge in [0.15, 0.2) is 0 Å². The number of aliphatic hydroxyl groups excluding tert-OH is 1. The predicted molar refractivity (Wildman–Crippen MR) is 135 cm³/mol. The van der Waals surface area contributed by atoms with Crippen LogP contribution in [0, 0.1) is 0 Å². The van der Waals surface area contributed by atoms with Gasteiger partial charge in [0.2, 0.25) is 0 Å². The molecule has 2 N–H and O–H groups in total. The first-order valence-electron chi connectivity index (χ1n) is 11.7. The van der Waals surface area contributed by atoms with Gasteiger partial charge in [0.25, 0.3) is 5.78 Å². The van der Waals surface area contributed by atoms with Crippen molar-refractivity contribution < 1.29 is 5.11 Å². The number of aromatic nitrogens is 4. The molecule has 2 saturated heterocycles. The number of fused-ring (bicyclic) bond motifs is 1. The summed E-state index contributed by atoms with van der Waals surface area (Å²) < 4.78 is 1.71. The molecule has 0 spiro atoms. The number of rotatable bonds is 7. The van der Waals surface area contributed by atoms with Crippen LogP contribution in [0.3, 0.4) is 0 Å². The number of anilines is 2. The Labute approximate surface area is 209 Å². The van der Waals surface area contributed by atoms with Gasteiger partial charge < -0.3 is 15.3 Å². The molecule has 2 fully saturated rings. The minimum absolute atomic E-state index is 0.0607. The minimum Gasteiger partial charge on any atom is -0.392 e. The zero-order valence-corrected chi connectivity index (χ0v) is 20.9. The second kappa shape index (κ2) is 9.83. The Balaban J connectivity index is 1.26. The summed E-state index contributed by atoms with van der Waals surface area (Å²) in [6, 6.07) is 8.02. The van der Waals surface area contributed by atoms with Gasteiger partial charge in [-0.1, -0.05) is 29.3 Å². The SMILES string of the molecule is C[C@H](O)CN1CCN(C2CN(c3cc(N[C@H](C)c4ccc(Cl)cc4Cl)n4ncnc4n3)C2)CC1. The number of hydrogen-bond acceptors (Lipinski definition) is 8. The average molecular weight is 505 g/mol. The maximum atomic E-state index is 9.63. The molecule has 3 aromatic rings. The van der Waals surface area contributed by atoms with E-state index in [9.17, 15) is 5.11 Å². The fourth-order valence-corrected chi connectivity index (χ4v) is 5.35. The van der Waals surface area contributed by atoms with Crippen LogP contribution in [0.1, 0.15) is 25.5 Å². The molecule has 34 heavy (non-hydrogen) atoms. The van der Waals surface area contributed by atoms with Crippen LogP contribution in [-0.2, 0) is 0 Å². The largest absolute Gasteiger partial charge is 0.392 e. The average Bonchev–Trinajstić information content (AvgIpc) is 3.22. The molecule has 9 nitrogen and oxygen atoms in total. The highest BCUT2D eigenvalue weighted by molar-refractivity contribution is 6.35. The number of halogens is 2. The van der Waals surface area contributed by atoms with Crippen molar-refractivity contribution in [2.45, 2.75) is 32.0 Å². The molecule has 0 aliphatic carbocycles. The third kappa shape index (κ3) is 4.94. The normalized spacial score (nSPS) is 19.9. The van der Waals surface area contributed by atoms with Crippen molar-refractivity contribution in [3.63, 3.8) is 0 Å². The standard InChI is InChI=1S/C23H30Cl2N8O/c1-15(34)11-30-5-7-31(8-6-30)18-12-32(13-18)21-10-22(33-23(29-21)26-14-27-33)28-16(2)19-4-3-17(24)9-20(19)25/h3-4,9-10,14-16,18,28,34H,5-8,11-13H2,1-2H3/t15-,16+/m0/s1. The van der Waals surface area contributed by atoms with Crippen LogP contribution in [0.25, 0.3) is 5.78 Å². The fourth-order valence-electron chi connectivity index (χ4n) is 4.77. The van der Waals surface area contributed by atoms with Gasteiger partial charge in [-0.05, 0) is 31.5 Å². The molecule has 0 bridgehead atoms. The van der Waals surface area contributed by atoms with Crippen molar-refractivity contribution in [1.82, 2.24) is 29.4 Å². The Morgan fingerprint density at radius 3 is 2.59 bits per heavy atom. The smallest absolute Gasteiger partial charge is 0.256 e. The number of nitrogens with zero attached hydrogens (tertiary/aromatic N) is 7. The highest BCUT2D eigenvalue weighted by atomic mass is 35.5. The molecule has 1 aromatic carbocycles. The van der Waals surface area contributed by atoms with Crippen molar-refractivity contribution >= 4 is 40.6 Å². The lowest BCUT2D eigenvalue weighted by Gasteiger charge is -2.48. The van der Waals surface area contributed by atoms with E-state index in [0.717, 1.165) is 63.0 Å². The maximum absolute atomic E-state index is 9.63. The van der Waals surface area contributed by atoms with Gasteiger partial charge in [-0.25, -0.2) is 0 Å².